The SMILES string of the molecule is CC(C)C(CNC(=O)C(CN)c1ccccc1)N(C)C. The summed E-state index contributed by atoms with van der Waals surface area (Å²) < 4.78 is 0. The van der Waals surface area contributed by atoms with Crippen LogP contribution in [-0.4, -0.2) is 44.0 Å². The maximum absolute atomic E-state index is 12.3. The molecule has 0 radical (unpaired) electrons. The van der Waals surface area contributed by atoms with Gasteiger partial charge in [-0.05, 0) is 25.6 Å². The molecule has 2 unspecified atom stereocenters. The molecule has 0 aliphatic heterocycles. The Labute approximate surface area is 122 Å². The summed E-state index contributed by atoms with van der Waals surface area (Å²) in [5, 5.41) is 3.03. The Morgan fingerprint density at radius 2 is 1.85 bits per heavy atom. The molecule has 0 fully saturated rings. The molecule has 0 bridgehead atoms. The van der Waals surface area contributed by atoms with Crippen molar-refractivity contribution in [1.82, 2.24) is 10.2 Å². The van der Waals surface area contributed by atoms with Crippen LogP contribution >= 0.6 is 0 Å². The molecule has 0 aliphatic rings. The molecule has 1 aromatic rings. The van der Waals surface area contributed by atoms with Gasteiger partial charge in [-0.2, -0.15) is 0 Å². The van der Waals surface area contributed by atoms with E-state index >= 15 is 0 Å². The molecule has 1 amide bonds. The summed E-state index contributed by atoms with van der Waals surface area (Å²) in [6, 6.07) is 10.0. The van der Waals surface area contributed by atoms with E-state index in [1.54, 1.807) is 0 Å². The number of benzene rings is 1. The second-order valence-electron chi connectivity index (χ2n) is 5.72. The average Bonchev–Trinajstić information content (AvgIpc) is 2.40. The fourth-order valence-electron chi connectivity index (χ4n) is 2.42. The quantitative estimate of drug-likeness (QED) is 0.793. The van der Waals surface area contributed by atoms with E-state index in [-0.39, 0.29) is 11.8 Å². The van der Waals surface area contributed by atoms with Crippen LogP contribution < -0.4 is 11.1 Å². The lowest BCUT2D eigenvalue weighted by Gasteiger charge is -2.28. The van der Waals surface area contributed by atoms with Crippen LogP contribution in [-0.2, 0) is 4.79 Å². The fourth-order valence-corrected chi connectivity index (χ4v) is 2.42. The molecule has 0 saturated heterocycles. The molecule has 0 heterocycles. The number of carbonyl (C=O) groups excluding carboxylic acids is 1. The van der Waals surface area contributed by atoms with E-state index in [0.717, 1.165) is 5.56 Å². The summed E-state index contributed by atoms with van der Waals surface area (Å²) in [7, 11) is 4.07. The summed E-state index contributed by atoms with van der Waals surface area (Å²) in [4.78, 5) is 14.5. The highest BCUT2D eigenvalue weighted by Gasteiger charge is 2.21. The predicted octanol–water partition coefficient (Wildman–Crippen LogP) is 1.43. The molecule has 2 atom stereocenters. The zero-order valence-corrected chi connectivity index (χ0v) is 13.0. The number of amides is 1. The second-order valence-corrected chi connectivity index (χ2v) is 5.72. The van der Waals surface area contributed by atoms with E-state index < -0.39 is 0 Å². The van der Waals surface area contributed by atoms with Gasteiger partial charge in [0.25, 0.3) is 0 Å². The average molecular weight is 277 g/mol. The van der Waals surface area contributed by atoms with Gasteiger partial charge in [0, 0.05) is 19.1 Å². The number of likely N-dealkylation sites (N-methyl/N-ethyl adjacent to an activating group) is 1. The molecule has 0 aliphatic carbocycles. The first kappa shape index (κ1) is 16.7. The Bertz CT molecular complexity index is 395. The van der Waals surface area contributed by atoms with Gasteiger partial charge in [0.1, 0.15) is 0 Å². The summed E-state index contributed by atoms with van der Waals surface area (Å²) in [5.74, 6) is 0.218. The van der Waals surface area contributed by atoms with E-state index in [4.69, 9.17) is 5.73 Å². The highest BCUT2D eigenvalue weighted by molar-refractivity contribution is 5.83. The van der Waals surface area contributed by atoms with Crippen molar-refractivity contribution in [2.75, 3.05) is 27.2 Å². The molecule has 3 N–H and O–H groups in total. The van der Waals surface area contributed by atoms with E-state index in [0.29, 0.717) is 25.0 Å². The van der Waals surface area contributed by atoms with Crippen molar-refractivity contribution in [1.29, 1.82) is 0 Å². The minimum atomic E-state index is -0.272. The van der Waals surface area contributed by atoms with E-state index in [9.17, 15) is 4.79 Å². The number of hydrogen-bond acceptors (Lipinski definition) is 3. The second kappa shape index (κ2) is 8.02. The van der Waals surface area contributed by atoms with Crippen molar-refractivity contribution in [3.8, 4) is 0 Å². The Morgan fingerprint density at radius 3 is 2.30 bits per heavy atom. The number of carbonyl (C=O) groups is 1. The number of nitrogens with zero attached hydrogens (tertiary/aromatic N) is 1. The third-order valence-electron chi connectivity index (χ3n) is 3.67. The minimum absolute atomic E-state index is 0.00574. The van der Waals surface area contributed by atoms with Crippen LogP contribution in [0.5, 0.6) is 0 Å². The first-order valence-electron chi connectivity index (χ1n) is 7.16. The zero-order chi connectivity index (χ0) is 15.1. The number of nitrogens with two attached hydrogens (primary N) is 1. The summed E-state index contributed by atoms with van der Waals surface area (Å²) in [5.41, 5.74) is 6.73. The molecule has 1 rings (SSSR count). The lowest BCUT2D eigenvalue weighted by atomic mass is 9.97. The third-order valence-corrected chi connectivity index (χ3v) is 3.67. The van der Waals surface area contributed by atoms with Gasteiger partial charge in [0.2, 0.25) is 5.91 Å². The molecular formula is C16H27N3O. The van der Waals surface area contributed by atoms with Gasteiger partial charge in [-0.25, -0.2) is 0 Å². The zero-order valence-electron chi connectivity index (χ0n) is 13.0. The molecule has 4 nitrogen and oxygen atoms in total. The van der Waals surface area contributed by atoms with Crippen LogP contribution in [0.1, 0.15) is 25.3 Å². The highest BCUT2D eigenvalue weighted by Crippen LogP contribution is 2.14. The Morgan fingerprint density at radius 1 is 1.25 bits per heavy atom. The van der Waals surface area contributed by atoms with Crippen LogP contribution in [0.15, 0.2) is 30.3 Å². The molecule has 20 heavy (non-hydrogen) atoms. The van der Waals surface area contributed by atoms with Crippen molar-refractivity contribution >= 4 is 5.91 Å². The van der Waals surface area contributed by atoms with E-state index in [2.05, 4.69) is 24.1 Å². The first-order chi connectivity index (χ1) is 9.47. The lowest BCUT2D eigenvalue weighted by Crippen LogP contribution is -2.45. The molecule has 1 aromatic carbocycles. The van der Waals surface area contributed by atoms with Crippen molar-refractivity contribution in [2.45, 2.75) is 25.8 Å². The summed E-state index contributed by atoms with van der Waals surface area (Å²) in [6.45, 7) is 5.29. The smallest absolute Gasteiger partial charge is 0.228 e. The maximum Gasteiger partial charge on any atom is 0.228 e. The van der Waals surface area contributed by atoms with Gasteiger partial charge in [-0.15, -0.1) is 0 Å². The van der Waals surface area contributed by atoms with Crippen molar-refractivity contribution in [3.63, 3.8) is 0 Å². The lowest BCUT2D eigenvalue weighted by molar-refractivity contribution is -0.122. The number of hydrogen-bond donors (Lipinski definition) is 2. The molecule has 0 saturated carbocycles. The highest BCUT2D eigenvalue weighted by atomic mass is 16.1. The minimum Gasteiger partial charge on any atom is -0.354 e. The van der Waals surface area contributed by atoms with Crippen LogP contribution in [0, 0.1) is 5.92 Å². The summed E-state index contributed by atoms with van der Waals surface area (Å²) in [6.07, 6.45) is 0. The van der Waals surface area contributed by atoms with Gasteiger partial charge in [-0.3, -0.25) is 4.79 Å². The van der Waals surface area contributed by atoms with Gasteiger partial charge in [0.05, 0.1) is 5.92 Å². The fraction of sp³-hybridized carbons (Fsp3) is 0.562. The van der Waals surface area contributed by atoms with Crippen molar-refractivity contribution in [2.24, 2.45) is 11.7 Å². The molecule has 4 heteroatoms. The van der Waals surface area contributed by atoms with E-state index in [1.807, 2.05) is 44.4 Å². The Hall–Kier alpha value is -1.39. The Kier molecular flexibility index (Phi) is 6.68. The first-order valence-corrected chi connectivity index (χ1v) is 7.16. The molecule has 0 spiro atoms. The van der Waals surface area contributed by atoms with Gasteiger partial charge in [0.15, 0.2) is 0 Å². The predicted molar refractivity (Wildman–Crippen MR) is 83.6 cm³/mol. The van der Waals surface area contributed by atoms with Gasteiger partial charge >= 0.3 is 0 Å². The molecular weight excluding hydrogens is 250 g/mol. The summed E-state index contributed by atoms with van der Waals surface area (Å²) >= 11 is 0. The normalized spacial score (nSPS) is 14.3. The maximum atomic E-state index is 12.3. The van der Waals surface area contributed by atoms with Crippen molar-refractivity contribution < 1.29 is 4.79 Å². The number of nitrogens with one attached hydrogen (secondary N) is 1. The standard InChI is InChI=1S/C16H27N3O/c1-12(2)15(19(3)4)11-18-16(20)14(10-17)13-8-6-5-7-9-13/h5-9,12,14-15H,10-11,17H2,1-4H3,(H,18,20). The van der Waals surface area contributed by atoms with Gasteiger partial charge < -0.3 is 16.0 Å². The Balaban J connectivity index is 2.65. The van der Waals surface area contributed by atoms with Crippen molar-refractivity contribution in [3.05, 3.63) is 35.9 Å². The topological polar surface area (TPSA) is 58.4 Å². The van der Waals surface area contributed by atoms with E-state index in [1.165, 1.54) is 0 Å². The van der Waals surface area contributed by atoms with Crippen LogP contribution in [0.25, 0.3) is 0 Å². The van der Waals surface area contributed by atoms with Crippen LogP contribution in [0.4, 0.5) is 0 Å². The monoisotopic (exact) mass is 277 g/mol. The largest absolute Gasteiger partial charge is 0.354 e. The van der Waals surface area contributed by atoms with Crippen LogP contribution in [0.2, 0.25) is 0 Å². The molecule has 0 aromatic heterocycles. The van der Waals surface area contributed by atoms with Crippen LogP contribution in [0.3, 0.4) is 0 Å². The van der Waals surface area contributed by atoms with Gasteiger partial charge in [-0.1, -0.05) is 44.2 Å². The number of rotatable bonds is 7. The third kappa shape index (κ3) is 4.62. The molecule has 112 valence electrons.